The van der Waals surface area contributed by atoms with Crippen molar-refractivity contribution in [3.8, 4) is 0 Å². The molecule has 1 aliphatic rings. The topological polar surface area (TPSA) is 58.6 Å². The van der Waals surface area contributed by atoms with Crippen LogP contribution in [0.15, 0.2) is 12.3 Å². The van der Waals surface area contributed by atoms with Crippen molar-refractivity contribution in [2.45, 2.75) is 13.1 Å². The van der Waals surface area contributed by atoms with Gasteiger partial charge in [0.15, 0.2) is 0 Å². The summed E-state index contributed by atoms with van der Waals surface area (Å²) >= 11 is 0. The first-order valence-corrected chi connectivity index (χ1v) is 6.48. The third-order valence-corrected chi connectivity index (χ3v) is 3.02. The van der Waals surface area contributed by atoms with Crippen molar-refractivity contribution in [1.29, 1.82) is 0 Å². The first-order valence-electron chi connectivity index (χ1n) is 6.48. The second-order valence-electron chi connectivity index (χ2n) is 4.41. The highest BCUT2D eigenvalue weighted by Gasteiger charge is 2.33. The molecule has 0 spiro atoms. The molecule has 21 heavy (non-hydrogen) atoms. The van der Waals surface area contributed by atoms with Crippen molar-refractivity contribution in [3.63, 3.8) is 0 Å². The number of rotatable bonds is 2. The van der Waals surface area contributed by atoms with Gasteiger partial charge in [-0.2, -0.15) is 13.2 Å². The lowest BCUT2D eigenvalue weighted by Crippen LogP contribution is -2.49. The Balaban J connectivity index is 2.01. The summed E-state index contributed by atoms with van der Waals surface area (Å²) in [5.41, 5.74) is -0.972. The third-order valence-electron chi connectivity index (χ3n) is 3.02. The van der Waals surface area contributed by atoms with Gasteiger partial charge in [-0.3, -0.25) is 0 Å². The number of carbonyl (C=O) groups excluding carboxylic acids is 1. The SMILES string of the molecule is CCOC(=O)N1CCN(c2nccc(C(F)(F)F)n2)CC1. The van der Waals surface area contributed by atoms with Crippen molar-refractivity contribution in [1.82, 2.24) is 14.9 Å². The van der Waals surface area contributed by atoms with Gasteiger partial charge in [0.05, 0.1) is 6.61 Å². The van der Waals surface area contributed by atoms with Crippen LogP contribution >= 0.6 is 0 Å². The molecule has 116 valence electrons. The van der Waals surface area contributed by atoms with Gasteiger partial charge < -0.3 is 14.5 Å². The summed E-state index contributed by atoms with van der Waals surface area (Å²) in [5, 5.41) is 0. The van der Waals surface area contributed by atoms with E-state index in [9.17, 15) is 18.0 Å². The van der Waals surface area contributed by atoms with Crippen molar-refractivity contribution < 1.29 is 22.7 Å². The van der Waals surface area contributed by atoms with E-state index in [4.69, 9.17) is 4.74 Å². The second kappa shape index (κ2) is 6.15. The highest BCUT2D eigenvalue weighted by Crippen LogP contribution is 2.28. The minimum absolute atomic E-state index is 0.0216. The lowest BCUT2D eigenvalue weighted by Gasteiger charge is -2.34. The molecule has 1 amide bonds. The van der Waals surface area contributed by atoms with Crippen LogP contribution in [-0.2, 0) is 10.9 Å². The van der Waals surface area contributed by atoms with Gasteiger partial charge in [-0.25, -0.2) is 14.8 Å². The molecule has 2 heterocycles. The van der Waals surface area contributed by atoms with Crippen LogP contribution in [0.3, 0.4) is 0 Å². The van der Waals surface area contributed by atoms with Crippen LogP contribution in [0.25, 0.3) is 0 Å². The maximum absolute atomic E-state index is 12.6. The zero-order chi connectivity index (χ0) is 15.5. The molecule has 6 nitrogen and oxygen atoms in total. The van der Waals surface area contributed by atoms with Crippen LogP contribution in [0.5, 0.6) is 0 Å². The molecule has 9 heteroatoms. The molecule has 0 aliphatic carbocycles. The number of nitrogens with zero attached hydrogens (tertiary/aromatic N) is 4. The Labute approximate surface area is 119 Å². The van der Waals surface area contributed by atoms with Gasteiger partial charge in [0.1, 0.15) is 5.69 Å². The third kappa shape index (κ3) is 3.73. The molecule has 0 unspecified atom stereocenters. The smallest absolute Gasteiger partial charge is 0.433 e. The molecule has 0 radical (unpaired) electrons. The summed E-state index contributed by atoms with van der Waals surface area (Å²) in [4.78, 5) is 22.0. The summed E-state index contributed by atoms with van der Waals surface area (Å²) in [5.74, 6) is 0.0216. The molecule has 1 fully saturated rings. The zero-order valence-corrected chi connectivity index (χ0v) is 11.4. The Morgan fingerprint density at radius 3 is 2.57 bits per heavy atom. The number of anilines is 1. The summed E-state index contributed by atoms with van der Waals surface area (Å²) in [6.07, 6.45) is -3.82. The number of alkyl halides is 3. The van der Waals surface area contributed by atoms with E-state index < -0.39 is 18.0 Å². The van der Waals surface area contributed by atoms with Crippen LogP contribution in [0.4, 0.5) is 23.9 Å². The Morgan fingerprint density at radius 2 is 2.00 bits per heavy atom. The molecule has 1 aromatic rings. The number of ether oxygens (including phenoxy) is 1. The van der Waals surface area contributed by atoms with Gasteiger partial charge in [-0.15, -0.1) is 0 Å². The number of halogens is 3. The highest BCUT2D eigenvalue weighted by molar-refractivity contribution is 5.68. The van der Waals surface area contributed by atoms with Crippen LogP contribution in [0, 0.1) is 0 Å². The summed E-state index contributed by atoms with van der Waals surface area (Å²) < 4.78 is 42.7. The van der Waals surface area contributed by atoms with Crippen molar-refractivity contribution in [3.05, 3.63) is 18.0 Å². The van der Waals surface area contributed by atoms with Gasteiger partial charge in [0, 0.05) is 32.4 Å². The molecule has 0 atom stereocenters. The fourth-order valence-electron chi connectivity index (χ4n) is 1.96. The predicted octanol–water partition coefficient (Wildman–Crippen LogP) is 1.77. The van der Waals surface area contributed by atoms with Gasteiger partial charge in [0.25, 0.3) is 0 Å². The monoisotopic (exact) mass is 304 g/mol. The van der Waals surface area contributed by atoms with Gasteiger partial charge >= 0.3 is 12.3 Å². The molecule has 1 saturated heterocycles. The average molecular weight is 304 g/mol. The van der Waals surface area contributed by atoms with E-state index in [1.165, 1.54) is 4.90 Å². The second-order valence-corrected chi connectivity index (χ2v) is 4.41. The maximum atomic E-state index is 12.6. The van der Waals surface area contributed by atoms with Crippen LogP contribution < -0.4 is 4.90 Å². The number of amides is 1. The number of carbonyl (C=O) groups is 1. The van der Waals surface area contributed by atoms with E-state index in [1.54, 1.807) is 11.8 Å². The minimum Gasteiger partial charge on any atom is -0.450 e. The highest BCUT2D eigenvalue weighted by atomic mass is 19.4. The van der Waals surface area contributed by atoms with E-state index in [0.29, 0.717) is 26.2 Å². The van der Waals surface area contributed by atoms with E-state index in [1.807, 2.05) is 0 Å². The standard InChI is InChI=1S/C12H15F3N4O2/c1-2-21-11(20)19-7-5-18(6-8-19)10-16-4-3-9(17-10)12(13,14)15/h3-4H,2,5-8H2,1H3. The Kier molecular flexibility index (Phi) is 4.49. The first-order chi connectivity index (χ1) is 9.91. The number of piperazine rings is 1. The zero-order valence-electron chi connectivity index (χ0n) is 11.4. The molecule has 0 bridgehead atoms. The Morgan fingerprint density at radius 1 is 1.33 bits per heavy atom. The first kappa shape index (κ1) is 15.3. The lowest BCUT2D eigenvalue weighted by molar-refractivity contribution is -0.141. The number of hydrogen-bond donors (Lipinski definition) is 0. The molecular formula is C12H15F3N4O2. The molecule has 0 N–H and O–H groups in total. The van der Waals surface area contributed by atoms with Gasteiger partial charge in [0.2, 0.25) is 5.95 Å². The van der Waals surface area contributed by atoms with Crippen molar-refractivity contribution in [2.75, 3.05) is 37.7 Å². The van der Waals surface area contributed by atoms with E-state index in [0.717, 1.165) is 12.3 Å². The van der Waals surface area contributed by atoms with Crippen LogP contribution in [0.1, 0.15) is 12.6 Å². The average Bonchev–Trinajstić information content (AvgIpc) is 2.47. The molecule has 0 aromatic carbocycles. The van der Waals surface area contributed by atoms with E-state index >= 15 is 0 Å². The molecular weight excluding hydrogens is 289 g/mol. The number of aromatic nitrogens is 2. The van der Waals surface area contributed by atoms with E-state index in [2.05, 4.69) is 9.97 Å². The largest absolute Gasteiger partial charge is 0.450 e. The maximum Gasteiger partial charge on any atom is 0.433 e. The minimum atomic E-state index is -4.50. The molecule has 1 aliphatic heterocycles. The van der Waals surface area contributed by atoms with Crippen LogP contribution in [-0.4, -0.2) is 53.7 Å². The number of hydrogen-bond acceptors (Lipinski definition) is 5. The molecule has 0 saturated carbocycles. The Bertz CT molecular complexity index is 502. The van der Waals surface area contributed by atoms with Gasteiger partial charge in [-0.1, -0.05) is 0 Å². The summed E-state index contributed by atoms with van der Waals surface area (Å²) in [7, 11) is 0. The normalized spacial score (nSPS) is 16.0. The van der Waals surface area contributed by atoms with Gasteiger partial charge in [-0.05, 0) is 13.0 Å². The molecule has 2 rings (SSSR count). The fourth-order valence-corrected chi connectivity index (χ4v) is 1.96. The quantitative estimate of drug-likeness (QED) is 0.833. The Hall–Kier alpha value is -2.06. The molecule has 1 aromatic heterocycles. The van der Waals surface area contributed by atoms with Crippen molar-refractivity contribution >= 4 is 12.0 Å². The lowest BCUT2D eigenvalue weighted by atomic mass is 10.3. The summed E-state index contributed by atoms with van der Waals surface area (Å²) in [6.45, 7) is 3.44. The summed E-state index contributed by atoms with van der Waals surface area (Å²) in [6, 6.07) is 0.832. The van der Waals surface area contributed by atoms with E-state index in [-0.39, 0.29) is 12.6 Å². The van der Waals surface area contributed by atoms with Crippen molar-refractivity contribution in [2.24, 2.45) is 0 Å². The predicted molar refractivity (Wildman–Crippen MR) is 67.8 cm³/mol. The fraction of sp³-hybridized carbons (Fsp3) is 0.583. The van der Waals surface area contributed by atoms with Crippen LogP contribution in [0.2, 0.25) is 0 Å².